The zero-order valence-corrected chi connectivity index (χ0v) is 12.9. The molecule has 0 aliphatic heterocycles. The summed E-state index contributed by atoms with van der Waals surface area (Å²) >= 11 is 0. The molecule has 1 aromatic heterocycles. The fraction of sp³-hybridized carbons (Fsp3) is 0.222. The first-order valence-electron chi connectivity index (χ1n) is 7.80. The van der Waals surface area contributed by atoms with Gasteiger partial charge in [-0.05, 0) is 48.6 Å². The predicted octanol–water partition coefficient (Wildman–Crippen LogP) is 3.68. The SMILES string of the molecule is Cc1cccc2c1CCC2NC(=O)Nc1cccc2[nH]ncc12. The van der Waals surface area contributed by atoms with Gasteiger partial charge in [0.25, 0.3) is 0 Å². The van der Waals surface area contributed by atoms with Gasteiger partial charge in [-0.3, -0.25) is 5.10 Å². The number of carbonyl (C=O) groups is 1. The van der Waals surface area contributed by atoms with Crippen LogP contribution in [0, 0.1) is 6.92 Å². The molecule has 1 aliphatic rings. The van der Waals surface area contributed by atoms with E-state index in [0.717, 1.165) is 29.4 Å². The molecular weight excluding hydrogens is 288 g/mol. The van der Waals surface area contributed by atoms with Gasteiger partial charge in [-0.15, -0.1) is 0 Å². The summed E-state index contributed by atoms with van der Waals surface area (Å²) in [6.45, 7) is 2.13. The minimum Gasteiger partial charge on any atom is -0.331 e. The lowest BCUT2D eigenvalue weighted by molar-refractivity contribution is 0.248. The van der Waals surface area contributed by atoms with Crippen LogP contribution in [0.2, 0.25) is 0 Å². The Bertz CT molecular complexity index is 884. The number of hydrogen-bond acceptors (Lipinski definition) is 2. The summed E-state index contributed by atoms with van der Waals surface area (Å²) in [5.74, 6) is 0. The van der Waals surface area contributed by atoms with Crippen molar-refractivity contribution in [2.75, 3.05) is 5.32 Å². The second-order valence-corrected chi connectivity index (χ2v) is 5.97. The first-order valence-corrected chi connectivity index (χ1v) is 7.80. The van der Waals surface area contributed by atoms with E-state index in [1.54, 1.807) is 6.20 Å². The third kappa shape index (κ3) is 2.44. The molecule has 1 unspecified atom stereocenters. The quantitative estimate of drug-likeness (QED) is 0.676. The number of benzene rings is 2. The Morgan fingerprint density at radius 1 is 1.26 bits per heavy atom. The molecule has 0 saturated heterocycles. The number of H-pyrrole nitrogens is 1. The molecule has 2 amide bonds. The van der Waals surface area contributed by atoms with E-state index < -0.39 is 0 Å². The van der Waals surface area contributed by atoms with Gasteiger partial charge in [0.2, 0.25) is 0 Å². The average Bonchev–Trinajstić information content (AvgIpc) is 3.16. The number of fused-ring (bicyclic) bond motifs is 2. The first kappa shape index (κ1) is 13.8. The number of nitrogens with zero attached hydrogens (tertiary/aromatic N) is 1. The van der Waals surface area contributed by atoms with Gasteiger partial charge in [0.05, 0.1) is 23.4 Å². The standard InChI is InChI=1S/C18H18N4O/c1-11-4-2-5-13-12(11)8-9-16(13)21-18(23)20-15-6-3-7-17-14(15)10-19-22-17/h2-7,10,16H,8-9H2,1H3,(H,19,22)(H2,20,21,23). The van der Waals surface area contributed by atoms with Crippen molar-refractivity contribution in [1.82, 2.24) is 15.5 Å². The van der Waals surface area contributed by atoms with Crippen molar-refractivity contribution in [3.05, 3.63) is 59.3 Å². The number of nitrogens with one attached hydrogen (secondary N) is 3. The lowest BCUT2D eigenvalue weighted by Crippen LogP contribution is -2.31. The smallest absolute Gasteiger partial charge is 0.319 e. The Hall–Kier alpha value is -2.82. The molecule has 23 heavy (non-hydrogen) atoms. The highest BCUT2D eigenvalue weighted by Gasteiger charge is 2.24. The fourth-order valence-corrected chi connectivity index (χ4v) is 3.38. The van der Waals surface area contributed by atoms with Crippen LogP contribution in [-0.2, 0) is 6.42 Å². The summed E-state index contributed by atoms with van der Waals surface area (Å²) in [4.78, 5) is 12.4. The zero-order valence-electron chi connectivity index (χ0n) is 12.9. The summed E-state index contributed by atoms with van der Waals surface area (Å²) < 4.78 is 0. The molecule has 3 aromatic rings. The number of carbonyl (C=O) groups excluding carboxylic acids is 1. The van der Waals surface area contributed by atoms with Gasteiger partial charge in [-0.1, -0.05) is 24.3 Å². The van der Waals surface area contributed by atoms with Gasteiger partial charge in [-0.2, -0.15) is 5.10 Å². The molecular formula is C18H18N4O. The normalized spacial score (nSPS) is 16.3. The molecule has 0 radical (unpaired) electrons. The van der Waals surface area contributed by atoms with E-state index in [-0.39, 0.29) is 12.1 Å². The van der Waals surface area contributed by atoms with Crippen LogP contribution >= 0.6 is 0 Å². The van der Waals surface area contributed by atoms with Gasteiger partial charge in [0.15, 0.2) is 0 Å². The van der Waals surface area contributed by atoms with E-state index in [4.69, 9.17) is 0 Å². The molecule has 3 N–H and O–H groups in total. The van der Waals surface area contributed by atoms with Crippen LogP contribution in [0.25, 0.3) is 10.9 Å². The van der Waals surface area contributed by atoms with Crippen molar-refractivity contribution in [1.29, 1.82) is 0 Å². The Labute approximate surface area is 134 Å². The zero-order chi connectivity index (χ0) is 15.8. The van der Waals surface area contributed by atoms with Crippen molar-refractivity contribution in [3.8, 4) is 0 Å². The van der Waals surface area contributed by atoms with E-state index in [1.807, 2.05) is 18.2 Å². The van der Waals surface area contributed by atoms with Crippen LogP contribution < -0.4 is 10.6 Å². The van der Waals surface area contributed by atoms with E-state index >= 15 is 0 Å². The van der Waals surface area contributed by atoms with E-state index in [0.29, 0.717) is 0 Å². The Morgan fingerprint density at radius 3 is 3.04 bits per heavy atom. The molecule has 2 aromatic carbocycles. The molecule has 1 aliphatic carbocycles. The van der Waals surface area contributed by atoms with Gasteiger partial charge in [0.1, 0.15) is 0 Å². The second kappa shape index (κ2) is 5.43. The summed E-state index contributed by atoms with van der Waals surface area (Å²) in [5.41, 5.74) is 5.58. The monoisotopic (exact) mass is 306 g/mol. The first-order chi connectivity index (χ1) is 11.2. The third-order valence-corrected chi connectivity index (χ3v) is 4.54. The van der Waals surface area contributed by atoms with Crippen LogP contribution in [-0.4, -0.2) is 16.2 Å². The van der Waals surface area contributed by atoms with E-state index in [2.05, 4.69) is 46.0 Å². The van der Waals surface area contributed by atoms with Gasteiger partial charge >= 0.3 is 6.03 Å². The minimum atomic E-state index is -0.182. The van der Waals surface area contributed by atoms with Gasteiger partial charge in [-0.25, -0.2) is 4.79 Å². The van der Waals surface area contributed by atoms with Crippen molar-refractivity contribution >= 4 is 22.6 Å². The maximum Gasteiger partial charge on any atom is 0.319 e. The minimum absolute atomic E-state index is 0.0773. The lowest BCUT2D eigenvalue weighted by atomic mass is 10.0. The van der Waals surface area contributed by atoms with E-state index in [9.17, 15) is 4.79 Å². The van der Waals surface area contributed by atoms with Crippen molar-refractivity contribution < 1.29 is 4.79 Å². The van der Waals surface area contributed by atoms with Crippen LogP contribution in [0.5, 0.6) is 0 Å². The molecule has 1 heterocycles. The number of urea groups is 1. The largest absolute Gasteiger partial charge is 0.331 e. The maximum atomic E-state index is 12.4. The van der Waals surface area contributed by atoms with Crippen molar-refractivity contribution in [2.24, 2.45) is 0 Å². The lowest BCUT2D eigenvalue weighted by Gasteiger charge is -2.15. The summed E-state index contributed by atoms with van der Waals surface area (Å²) in [5, 5.41) is 13.8. The predicted molar refractivity (Wildman–Crippen MR) is 90.5 cm³/mol. The summed E-state index contributed by atoms with van der Waals surface area (Å²) in [7, 11) is 0. The van der Waals surface area contributed by atoms with Crippen LogP contribution in [0.3, 0.4) is 0 Å². The molecule has 5 nitrogen and oxygen atoms in total. The number of aromatic amines is 1. The average molecular weight is 306 g/mol. The van der Waals surface area contributed by atoms with Crippen LogP contribution in [0.4, 0.5) is 10.5 Å². The summed E-state index contributed by atoms with van der Waals surface area (Å²) in [6.07, 6.45) is 3.69. The van der Waals surface area contributed by atoms with Gasteiger partial charge < -0.3 is 10.6 Å². The highest BCUT2D eigenvalue weighted by Crippen LogP contribution is 2.33. The summed E-state index contributed by atoms with van der Waals surface area (Å²) in [6, 6.07) is 11.9. The van der Waals surface area contributed by atoms with Crippen LogP contribution in [0.15, 0.2) is 42.6 Å². The third-order valence-electron chi connectivity index (χ3n) is 4.54. The van der Waals surface area contributed by atoms with E-state index in [1.165, 1.54) is 16.7 Å². The Balaban J connectivity index is 1.52. The topological polar surface area (TPSA) is 69.8 Å². The van der Waals surface area contributed by atoms with Crippen LogP contribution in [0.1, 0.15) is 29.2 Å². The highest BCUT2D eigenvalue weighted by atomic mass is 16.2. The number of aryl methyl sites for hydroxylation is 1. The number of amides is 2. The Morgan fingerprint density at radius 2 is 2.13 bits per heavy atom. The molecule has 0 fully saturated rings. The maximum absolute atomic E-state index is 12.4. The highest BCUT2D eigenvalue weighted by molar-refractivity contribution is 6.00. The molecule has 0 saturated carbocycles. The Kier molecular flexibility index (Phi) is 3.26. The number of hydrogen-bond donors (Lipinski definition) is 3. The molecule has 0 bridgehead atoms. The molecule has 4 rings (SSSR count). The fourth-order valence-electron chi connectivity index (χ4n) is 3.38. The number of aromatic nitrogens is 2. The number of rotatable bonds is 2. The molecule has 0 spiro atoms. The number of anilines is 1. The molecule has 1 atom stereocenters. The van der Waals surface area contributed by atoms with Crippen molar-refractivity contribution in [2.45, 2.75) is 25.8 Å². The second-order valence-electron chi connectivity index (χ2n) is 5.97. The van der Waals surface area contributed by atoms with Gasteiger partial charge in [0, 0.05) is 5.39 Å². The van der Waals surface area contributed by atoms with Crippen molar-refractivity contribution in [3.63, 3.8) is 0 Å². The molecule has 116 valence electrons. The molecule has 5 heteroatoms.